The average Bonchev–Trinajstić information content (AvgIpc) is 3.03. The Kier molecular flexibility index (Phi) is 4.57. The van der Waals surface area contributed by atoms with Crippen LogP contribution >= 0.6 is 0 Å². The highest BCUT2D eigenvalue weighted by molar-refractivity contribution is 5.99. The van der Waals surface area contributed by atoms with Crippen LogP contribution < -0.4 is 5.32 Å². The maximum absolute atomic E-state index is 13.7. The van der Waals surface area contributed by atoms with Crippen molar-refractivity contribution in [2.75, 3.05) is 0 Å². The van der Waals surface area contributed by atoms with Gasteiger partial charge in [0.15, 0.2) is 11.6 Å². The molecule has 1 aromatic heterocycles. The normalized spacial score (nSPS) is 12.1. The molecule has 2 aromatic carbocycles. The number of aliphatic carboxylic acids is 1. The first-order valence-corrected chi connectivity index (χ1v) is 7.63. The first kappa shape index (κ1) is 17.4. The highest BCUT2D eigenvalue weighted by Gasteiger charge is 2.23. The number of halogens is 2. The topological polar surface area (TPSA) is 102 Å². The van der Waals surface area contributed by atoms with E-state index in [1.165, 1.54) is 24.3 Å². The molecule has 3 rings (SSSR count). The van der Waals surface area contributed by atoms with Gasteiger partial charge in [-0.05, 0) is 35.9 Å². The molecule has 0 fully saturated rings. The van der Waals surface area contributed by atoms with E-state index in [1.54, 1.807) is 6.07 Å². The predicted octanol–water partition coefficient (Wildman–Crippen LogP) is 2.58. The van der Waals surface area contributed by atoms with Crippen LogP contribution in [0.2, 0.25) is 0 Å². The lowest BCUT2D eigenvalue weighted by Gasteiger charge is -2.14. The van der Waals surface area contributed by atoms with Gasteiger partial charge in [0.2, 0.25) is 0 Å². The number of carboxylic acids is 1. The summed E-state index contributed by atoms with van der Waals surface area (Å²) in [6.07, 6.45) is -0.188. The van der Waals surface area contributed by atoms with E-state index < -0.39 is 35.3 Å². The Morgan fingerprint density at radius 2 is 1.88 bits per heavy atom. The van der Waals surface area contributed by atoms with E-state index in [0.717, 1.165) is 12.1 Å². The van der Waals surface area contributed by atoms with Gasteiger partial charge >= 0.3 is 5.97 Å². The second-order valence-corrected chi connectivity index (χ2v) is 5.74. The molecule has 4 N–H and O–H groups in total. The standard InChI is InChI=1S/C18H14F2N2O4/c19-11-2-1-3-13-10(11)8-14(21-13)17(24)22-15(18(25)26)7-9-4-5-16(23)12(20)6-9/h1-6,8,15,21,23H,7H2,(H,22,24)(H,25,26)/t15-/m0/s1. The lowest BCUT2D eigenvalue weighted by molar-refractivity contribution is -0.139. The molecule has 0 saturated carbocycles. The van der Waals surface area contributed by atoms with Gasteiger partial charge in [0.25, 0.3) is 5.91 Å². The minimum atomic E-state index is -1.33. The van der Waals surface area contributed by atoms with Gasteiger partial charge in [-0.25, -0.2) is 13.6 Å². The summed E-state index contributed by atoms with van der Waals surface area (Å²) in [5, 5.41) is 21.0. The maximum Gasteiger partial charge on any atom is 0.326 e. The zero-order valence-corrected chi connectivity index (χ0v) is 13.3. The van der Waals surface area contributed by atoms with Crippen LogP contribution in [0, 0.1) is 11.6 Å². The molecule has 0 aliphatic heterocycles. The van der Waals surface area contributed by atoms with Crippen LogP contribution in [0.3, 0.4) is 0 Å². The smallest absolute Gasteiger partial charge is 0.326 e. The number of aromatic hydroxyl groups is 1. The fourth-order valence-corrected chi connectivity index (χ4v) is 2.59. The highest BCUT2D eigenvalue weighted by Crippen LogP contribution is 2.19. The largest absolute Gasteiger partial charge is 0.505 e. The van der Waals surface area contributed by atoms with E-state index in [1.807, 2.05) is 0 Å². The van der Waals surface area contributed by atoms with Crippen molar-refractivity contribution in [1.82, 2.24) is 10.3 Å². The van der Waals surface area contributed by atoms with Gasteiger partial charge < -0.3 is 20.5 Å². The molecule has 0 unspecified atom stereocenters. The molecule has 0 aliphatic rings. The number of amides is 1. The van der Waals surface area contributed by atoms with E-state index in [4.69, 9.17) is 0 Å². The molecule has 1 heterocycles. The van der Waals surface area contributed by atoms with Crippen molar-refractivity contribution < 1.29 is 28.6 Å². The molecule has 134 valence electrons. The van der Waals surface area contributed by atoms with Crippen LogP contribution in [0.4, 0.5) is 8.78 Å². The molecule has 26 heavy (non-hydrogen) atoms. The van der Waals surface area contributed by atoms with Crippen LogP contribution in [0.5, 0.6) is 5.75 Å². The molecule has 0 bridgehead atoms. The summed E-state index contributed by atoms with van der Waals surface area (Å²) in [6, 6.07) is 7.73. The van der Waals surface area contributed by atoms with E-state index in [-0.39, 0.29) is 23.1 Å². The number of H-pyrrole nitrogens is 1. The first-order valence-electron chi connectivity index (χ1n) is 7.63. The molecule has 1 atom stereocenters. The van der Waals surface area contributed by atoms with Crippen molar-refractivity contribution in [3.05, 3.63) is 65.4 Å². The summed E-state index contributed by atoms with van der Waals surface area (Å²) in [7, 11) is 0. The molecule has 3 aromatic rings. The Bertz CT molecular complexity index is 1000. The number of hydrogen-bond donors (Lipinski definition) is 4. The lowest BCUT2D eigenvalue weighted by atomic mass is 10.1. The number of hydrogen-bond acceptors (Lipinski definition) is 3. The first-order chi connectivity index (χ1) is 12.3. The number of phenols is 1. The van der Waals surface area contributed by atoms with Gasteiger partial charge in [0.05, 0.1) is 0 Å². The SMILES string of the molecule is O=C(N[C@@H](Cc1ccc(O)c(F)c1)C(=O)O)c1cc2c(F)cccc2[nH]1. The number of aromatic amines is 1. The zero-order chi connectivity index (χ0) is 18.8. The van der Waals surface area contributed by atoms with E-state index >= 15 is 0 Å². The quantitative estimate of drug-likeness (QED) is 0.562. The van der Waals surface area contributed by atoms with Crippen molar-refractivity contribution in [3.63, 3.8) is 0 Å². The summed E-state index contributed by atoms with van der Waals surface area (Å²) >= 11 is 0. The Balaban J connectivity index is 1.80. The van der Waals surface area contributed by atoms with Crippen LogP contribution in [0.25, 0.3) is 10.9 Å². The van der Waals surface area contributed by atoms with E-state index in [9.17, 15) is 28.6 Å². The van der Waals surface area contributed by atoms with Crippen LogP contribution in [0.1, 0.15) is 16.1 Å². The van der Waals surface area contributed by atoms with Gasteiger partial charge in [0, 0.05) is 17.3 Å². The summed E-state index contributed by atoms with van der Waals surface area (Å²) in [4.78, 5) is 26.5. The molecule has 0 aliphatic carbocycles. The zero-order valence-electron chi connectivity index (χ0n) is 13.3. The van der Waals surface area contributed by atoms with E-state index in [2.05, 4.69) is 10.3 Å². The average molecular weight is 360 g/mol. The number of benzene rings is 2. The molecule has 1 amide bonds. The Labute approximate surface area is 146 Å². The number of rotatable bonds is 5. The minimum Gasteiger partial charge on any atom is -0.505 e. The summed E-state index contributed by atoms with van der Waals surface area (Å²) in [5.41, 5.74) is 0.701. The van der Waals surface area contributed by atoms with Gasteiger partial charge in [-0.2, -0.15) is 0 Å². The fraction of sp³-hybridized carbons (Fsp3) is 0.111. The van der Waals surface area contributed by atoms with Crippen molar-refractivity contribution in [1.29, 1.82) is 0 Å². The number of carboxylic acid groups (broad SMARTS) is 1. The van der Waals surface area contributed by atoms with Gasteiger partial charge in [-0.3, -0.25) is 4.79 Å². The Hall–Kier alpha value is -3.42. The lowest BCUT2D eigenvalue weighted by Crippen LogP contribution is -2.42. The third-order valence-electron chi connectivity index (χ3n) is 3.91. The summed E-state index contributed by atoms with van der Waals surface area (Å²) < 4.78 is 27.1. The number of aromatic nitrogens is 1. The maximum atomic E-state index is 13.7. The molecule has 0 saturated heterocycles. The Morgan fingerprint density at radius 1 is 1.12 bits per heavy atom. The van der Waals surface area contributed by atoms with Crippen LogP contribution in [-0.4, -0.2) is 33.1 Å². The van der Waals surface area contributed by atoms with Crippen LogP contribution in [-0.2, 0) is 11.2 Å². The number of nitrogens with one attached hydrogen (secondary N) is 2. The number of carbonyl (C=O) groups excluding carboxylic acids is 1. The minimum absolute atomic E-state index is 0.00763. The molecule has 0 radical (unpaired) electrons. The molecular formula is C18H14F2N2O4. The van der Waals surface area contributed by atoms with Crippen molar-refractivity contribution in [3.8, 4) is 5.75 Å². The number of carbonyl (C=O) groups is 2. The molecule has 8 heteroatoms. The van der Waals surface area contributed by atoms with Crippen molar-refractivity contribution in [2.24, 2.45) is 0 Å². The number of phenolic OH excluding ortho intramolecular Hbond substituents is 1. The molecule has 6 nitrogen and oxygen atoms in total. The second-order valence-electron chi connectivity index (χ2n) is 5.74. The third kappa shape index (κ3) is 3.49. The summed E-state index contributed by atoms with van der Waals surface area (Å²) in [5.74, 6) is -3.98. The number of fused-ring (bicyclic) bond motifs is 1. The Morgan fingerprint density at radius 3 is 2.54 bits per heavy atom. The molecular weight excluding hydrogens is 346 g/mol. The van der Waals surface area contributed by atoms with Gasteiger partial charge in [-0.1, -0.05) is 12.1 Å². The highest BCUT2D eigenvalue weighted by atomic mass is 19.1. The second kappa shape index (κ2) is 6.83. The van der Waals surface area contributed by atoms with Crippen molar-refractivity contribution >= 4 is 22.8 Å². The van der Waals surface area contributed by atoms with Crippen LogP contribution in [0.15, 0.2) is 42.5 Å². The third-order valence-corrected chi connectivity index (χ3v) is 3.91. The molecule has 0 spiro atoms. The van der Waals surface area contributed by atoms with Crippen molar-refractivity contribution in [2.45, 2.75) is 12.5 Å². The predicted molar refractivity (Wildman–Crippen MR) is 88.9 cm³/mol. The monoisotopic (exact) mass is 360 g/mol. The van der Waals surface area contributed by atoms with Gasteiger partial charge in [-0.15, -0.1) is 0 Å². The fourth-order valence-electron chi connectivity index (χ4n) is 2.59. The van der Waals surface area contributed by atoms with Gasteiger partial charge in [0.1, 0.15) is 17.6 Å². The summed E-state index contributed by atoms with van der Waals surface area (Å²) in [6.45, 7) is 0. The van der Waals surface area contributed by atoms with E-state index in [0.29, 0.717) is 5.52 Å².